The molecule has 1 saturated carbocycles. The minimum atomic E-state index is -0.353. The molecule has 19 heavy (non-hydrogen) atoms. The molecule has 1 aromatic carbocycles. The summed E-state index contributed by atoms with van der Waals surface area (Å²) < 4.78 is 0.532. The second kappa shape index (κ2) is 6.01. The topological polar surface area (TPSA) is 55.2 Å². The van der Waals surface area contributed by atoms with Crippen LogP contribution in [0.3, 0.4) is 0 Å². The highest BCUT2D eigenvalue weighted by Gasteiger charge is 2.29. The van der Waals surface area contributed by atoms with Crippen molar-refractivity contribution in [3.8, 4) is 0 Å². The Balaban J connectivity index is 2.00. The zero-order valence-corrected chi connectivity index (χ0v) is 12.8. The molecule has 1 aliphatic carbocycles. The highest BCUT2D eigenvalue weighted by molar-refractivity contribution is 9.10. The smallest absolute Gasteiger partial charge is 0.283 e. The Morgan fingerprint density at radius 1 is 1.42 bits per heavy atom. The molecule has 0 heterocycles. The minimum absolute atomic E-state index is 0.132. The Morgan fingerprint density at radius 3 is 2.74 bits per heavy atom. The Bertz CT molecular complexity index is 479. The van der Waals surface area contributed by atoms with Crippen molar-refractivity contribution in [2.45, 2.75) is 39.3 Å². The van der Waals surface area contributed by atoms with Gasteiger partial charge < -0.3 is 5.32 Å². The molecule has 1 fully saturated rings. The van der Waals surface area contributed by atoms with Crippen LogP contribution in [0.5, 0.6) is 0 Å². The lowest BCUT2D eigenvalue weighted by Crippen LogP contribution is -2.31. The SMILES string of the molecule is CC1CCC(NCc2ccc(Br)c([N+](=O)[O-])c2)C1C. The first-order chi connectivity index (χ1) is 8.99. The van der Waals surface area contributed by atoms with E-state index < -0.39 is 0 Å². The predicted octanol–water partition coefficient (Wildman–Crippen LogP) is 3.88. The monoisotopic (exact) mass is 326 g/mol. The molecular weight excluding hydrogens is 308 g/mol. The van der Waals surface area contributed by atoms with Crippen molar-refractivity contribution in [3.05, 3.63) is 38.3 Å². The van der Waals surface area contributed by atoms with Crippen molar-refractivity contribution in [1.29, 1.82) is 0 Å². The third-order valence-electron chi connectivity index (χ3n) is 4.24. The molecule has 4 nitrogen and oxygen atoms in total. The van der Waals surface area contributed by atoms with Crippen LogP contribution in [0.2, 0.25) is 0 Å². The van der Waals surface area contributed by atoms with E-state index in [1.54, 1.807) is 12.1 Å². The summed E-state index contributed by atoms with van der Waals surface area (Å²) in [5, 5.41) is 14.4. The lowest BCUT2D eigenvalue weighted by molar-refractivity contribution is -0.385. The molecule has 0 aliphatic heterocycles. The van der Waals surface area contributed by atoms with E-state index in [0.29, 0.717) is 23.0 Å². The zero-order chi connectivity index (χ0) is 14.0. The van der Waals surface area contributed by atoms with E-state index >= 15 is 0 Å². The molecule has 104 valence electrons. The standard InChI is InChI=1S/C14H19BrN2O2/c1-9-3-6-13(10(9)2)16-8-11-4-5-12(15)14(7-11)17(18)19/h4-5,7,9-10,13,16H,3,6,8H2,1-2H3. The van der Waals surface area contributed by atoms with Crippen molar-refractivity contribution in [2.75, 3.05) is 0 Å². The number of halogens is 1. The summed E-state index contributed by atoms with van der Waals surface area (Å²) in [6.45, 7) is 5.26. The van der Waals surface area contributed by atoms with E-state index in [1.165, 1.54) is 12.8 Å². The maximum atomic E-state index is 10.9. The third kappa shape index (κ3) is 3.34. The Hall–Kier alpha value is -0.940. The fraction of sp³-hybridized carbons (Fsp3) is 0.571. The molecule has 0 saturated heterocycles. The van der Waals surface area contributed by atoms with Crippen LogP contribution in [0.1, 0.15) is 32.3 Å². The Morgan fingerprint density at radius 2 is 2.16 bits per heavy atom. The highest BCUT2D eigenvalue weighted by Crippen LogP contribution is 2.31. The van der Waals surface area contributed by atoms with Gasteiger partial charge in [0.05, 0.1) is 9.40 Å². The van der Waals surface area contributed by atoms with Crippen molar-refractivity contribution in [2.24, 2.45) is 11.8 Å². The maximum absolute atomic E-state index is 10.9. The average molecular weight is 327 g/mol. The lowest BCUT2D eigenvalue weighted by Gasteiger charge is -2.19. The third-order valence-corrected chi connectivity index (χ3v) is 4.91. The van der Waals surface area contributed by atoms with Gasteiger partial charge in [-0.15, -0.1) is 0 Å². The van der Waals surface area contributed by atoms with Crippen LogP contribution in [0.4, 0.5) is 5.69 Å². The minimum Gasteiger partial charge on any atom is -0.310 e. The van der Waals surface area contributed by atoms with Gasteiger partial charge in [-0.2, -0.15) is 0 Å². The molecule has 0 bridgehead atoms. The lowest BCUT2D eigenvalue weighted by atomic mass is 9.97. The normalized spacial score (nSPS) is 26.6. The Labute approximate surface area is 121 Å². The number of hydrogen-bond donors (Lipinski definition) is 1. The van der Waals surface area contributed by atoms with Crippen LogP contribution in [0.15, 0.2) is 22.7 Å². The summed E-state index contributed by atoms with van der Waals surface area (Å²) in [5.74, 6) is 1.43. The first-order valence-corrected chi connectivity index (χ1v) is 7.44. The second-order valence-electron chi connectivity index (χ2n) is 5.44. The Kier molecular flexibility index (Phi) is 4.58. The highest BCUT2D eigenvalue weighted by atomic mass is 79.9. The second-order valence-corrected chi connectivity index (χ2v) is 6.30. The molecule has 0 aromatic heterocycles. The first-order valence-electron chi connectivity index (χ1n) is 6.65. The van der Waals surface area contributed by atoms with E-state index in [2.05, 4.69) is 35.1 Å². The fourth-order valence-electron chi connectivity index (χ4n) is 2.71. The molecule has 5 heteroatoms. The summed E-state index contributed by atoms with van der Waals surface area (Å²) in [6, 6.07) is 5.83. The van der Waals surface area contributed by atoms with Gasteiger partial charge in [0.25, 0.3) is 5.69 Å². The van der Waals surface area contributed by atoms with Crippen LogP contribution in [-0.2, 0) is 6.54 Å². The molecular formula is C14H19BrN2O2. The molecule has 3 unspecified atom stereocenters. The molecule has 0 spiro atoms. The van der Waals surface area contributed by atoms with Crippen molar-refractivity contribution in [1.82, 2.24) is 5.32 Å². The number of rotatable bonds is 4. The number of nitro benzene ring substituents is 1. The van der Waals surface area contributed by atoms with Crippen LogP contribution in [0, 0.1) is 22.0 Å². The largest absolute Gasteiger partial charge is 0.310 e. The van der Waals surface area contributed by atoms with E-state index in [0.717, 1.165) is 11.5 Å². The van der Waals surface area contributed by atoms with E-state index in [1.807, 2.05) is 6.07 Å². The predicted molar refractivity (Wildman–Crippen MR) is 79.0 cm³/mol. The zero-order valence-electron chi connectivity index (χ0n) is 11.2. The van der Waals surface area contributed by atoms with Crippen LogP contribution in [0.25, 0.3) is 0 Å². The number of benzene rings is 1. The van der Waals surface area contributed by atoms with Crippen molar-refractivity contribution in [3.63, 3.8) is 0 Å². The molecule has 0 amide bonds. The van der Waals surface area contributed by atoms with Gasteiger partial charge in [-0.25, -0.2) is 0 Å². The van der Waals surface area contributed by atoms with E-state index in [-0.39, 0.29) is 10.6 Å². The summed E-state index contributed by atoms with van der Waals surface area (Å²) in [4.78, 5) is 10.5. The number of nitrogens with zero attached hydrogens (tertiary/aromatic N) is 1. The number of nitro groups is 1. The maximum Gasteiger partial charge on any atom is 0.283 e. The first kappa shape index (κ1) is 14.5. The van der Waals surface area contributed by atoms with Gasteiger partial charge in [0, 0.05) is 18.7 Å². The number of hydrogen-bond acceptors (Lipinski definition) is 3. The molecule has 3 atom stereocenters. The van der Waals surface area contributed by atoms with Gasteiger partial charge in [0.2, 0.25) is 0 Å². The molecule has 1 aromatic rings. The van der Waals surface area contributed by atoms with Crippen LogP contribution < -0.4 is 5.32 Å². The quantitative estimate of drug-likeness (QED) is 0.674. The van der Waals surface area contributed by atoms with Crippen molar-refractivity contribution >= 4 is 21.6 Å². The van der Waals surface area contributed by atoms with Crippen LogP contribution in [-0.4, -0.2) is 11.0 Å². The van der Waals surface area contributed by atoms with Crippen LogP contribution >= 0.6 is 15.9 Å². The molecule has 2 rings (SSSR count). The fourth-order valence-corrected chi connectivity index (χ4v) is 3.10. The van der Waals surface area contributed by atoms with E-state index in [9.17, 15) is 10.1 Å². The van der Waals surface area contributed by atoms with Gasteiger partial charge in [-0.05, 0) is 52.2 Å². The van der Waals surface area contributed by atoms with Gasteiger partial charge in [0.15, 0.2) is 0 Å². The summed E-state index contributed by atoms with van der Waals surface area (Å²) in [5.41, 5.74) is 1.09. The number of nitrogens with one attached hydrogen (secondary N) is 1. The summed E-state index contributed by atoms with van der Waals surface area (Å²) >= 11 is 3.20. The van der Waals surface area contributed by atoms with Gasteiger partial charge in [-0.3, -0.25) is 10.1 Å². The van der Waals surface area contributed by atoms with Crippen molar-refractivity contribution < 1.29 is 4.92 Å². The van der Waals surface area contributed by atoms with Gasteiger partial charge in [0.1, 0.15) is 0 Å². The molecule has 1 N–H and O–H groups in total. The molecule has 1 aliphatic rings. The summed E-state index contributed by atoms with van der Waals surface area (Å²) in [6.07, 6.45) is 2.46. The summed E-state index contributed by atoms with van der Waals surface area (Å²) in [7, 11) is 0. The average Bonchev–Trinajstić information content (AvgIpc) is 2.69. The van der Waals surface area contributed by atoms with Gasteiger partial charge in [-0.1, -0.05) is 19.9 Å². The van der Waals surface area contributed by atoms with Gasteiger partial charge >= 0.3 is 0 Å². The molecule has 0 radical (unpaired) electrons. The van der Waals surface area contributed by atoms with E-state index in [4.69, 9.17) is 0 Å².